The molecule has 0 atom stereocenters. The molecule has 3 nitrogen and oxygen atoms in total. The van der Waals surface area contributed by atoms with E-state index in [4.69, 9.17) is 11.6 Å². The highest BCUT2D eigenvalue weighted by Gasteiger charge is 2.15. The maximum atomic E-state index is 12.0. The van der Waals surface area contributed by atoms with Gasteiger partial charge in [-0.3, -0.25) is 4.79 Å². The molecule has 5 heteroatoms. The van der Waals surface area contributed by atoms with Crippen LogP contribution < -0.4 is 0 Å². The van der Waals surface area contributed by atoms with Crippen molar-refractivity contribution < 1.29 is 13.2 Å². The third-order valence-corrected chi connectivity index (χ3v) is 5.09. The molecule has 0 heterocycles. The maximum Gasteiger partial charge on any atom is 0.222 e. The highest BCUT2D eigenvalue weighted by molar-refractivity contribution is 7.91. The van der Waals surface area contributed by atoms with E-state index >= 15 is 0 Å². The first-order valence-corrected chi connectivity index (χ1v) is 8.50. The van der Waals surface area contributed by atoms with Crippen molar-refractivity contribution in [3.63, 3.8) is 0 Å². The first kappa shape index (κ1) is 15.7. The van der Waals surface area contributed by atoms with Gasteiger partial charge in [0, 0.05) is 6.42 Å². The lowest BCUT2D eigenvalue weighted by molar-refractivity contribution is -0.111. The topological polar surface area (TPSA) is 51.2 Å². The van der Waals surface area contributed by atoms with Crippen molar-refractivity contribution in [3.05, 3.63) is 54.1 Å². The van der Waals surface area contributed by atoms with Crippen molar-refractivity contribution in [1.82, 2.24) is 0 Å². The summed E-state index contributed by atoms with van der Waals surface area (Å²) >= 11 is 5.19. The minimum absolute atomic E-state index is 0.177. The summed E-state index contributed by atoms with van der Waals surface area (Å²) in [6.45, 7) is 2.01. The van der Waals surface area contributed by atoms with E-state index in [1.54, 1.807) is 24.3 Å². The summed E-state index contributed by atoms with van der Waals surface area (Å²) in [7, 11) is -3.47. The van der Waals surface area contributed by atoms with E-state index in [0.29, 0.717) is 0 Å². The predicted octanol–water partition coefficient (Wildman–Crippen LogP) is 3.59. The zero-order valence-electron chi connectivity index (χ0n) is 11.5. The van der Waals surface area contributed by atoms with E-state index in [9.17, 15) is 13.2 Å². The maximum absolute atomic E-state index is 12.0. The zero-order chi connectivity index (χ0) is 15.5. The second kappa shape index (κ2) is 6.41. The SMILES string of the molecule is Cc1ccc(-c2ccc(S(=O)(=O)CCC(=O)Cl)cc2)cc1. The molecule has 0 aromatic heterocycles. The fourth-order valence-corrected chi connectivity index (χ4v) is 3.38. The Kier molecular flexibility index (Phi) is 4.80. The summed E-state index contributed by atoms with van der Waals surface area (Å²) in [5, 5.41) is -0.644. The van der Waals surface area contributed by atoms with Gasteiger partial charge >= 0.3 is 0 Å². The zero-order valence-corrected chi connectivity index (χ0v) is 13.1. The van der Waals surface area contributed by atoms with Gasteiger partial charge in [0.2, 0.25) is 5.24 Å². The molecule has 0 amide bonds. The molecule has 0 aliphatic heterocycles. The fourth-order valence-electron chi connectivity index (χ4n) is 1.93. The summed E-state index contributed by atoms with van der Waals surface area (Å²) in [4.78, 5) is 10.9. The number of sulfone groups is 1. The largest absolute Gasteiger partial charge is 0.281 e. The lowest BCUT2D eigenvalue weighted by Gasteiger charge is -2.06. The number of aryl methyl sites for hydroxylation is 1. The van der Waals surface area contributed by atoms with Crippen LogP contribution in [0.25, 0.3) is 11.1 Å². The molecular weight excluding hydrogens is 308 g/mol. The van der Waals surface area contributed by atoms with Crippen molar-refractivity contribution in [3.8, 4) is 11.1 Å². The number of carbonyl (C=O) groups excluding carboxylic acids is 1. The fraction of sp³-hybridized carbons (Fsp3) is 0.188. The summed E-state index contributed by atoms with van der Waals surface area (Å²) in [5.74, 6) is -0.265. The Morgan fingerprint density at radius 1 is 0.952 bits per heavy atom. The number of halogens is 1. The van der Waals surface area contributed by atoms with Crippen LogP contribution in [0.1, 0.15) is 12.0 Å². The molecule has 2 aromatic carbocycles. The van der Waals surface area contributed by atoms with Gasteiger partial charge in [-0.05, 0) is 41.8 Å². The molecule has 0 saturated carbocycles. The monoisotopic (exact) mass is 322 g/mol. The van der Waals surface area contributed by atoms with Crippen LogP contribution in [0.3, 0.4) is 0 Å². The van der Waals surface area contributed by atoms with Gasteiger partial charge in [-0.1, -0.05) is 42.0 Å². The van der Waals surface area contributed by atoms with E-state index in [-0.39, 0.29) is 17.1 Å². The normalized spacial score (nSPS) is 11.3. The minimum Gasteiger partial charge on any atom is -0.281 e. The molecule has 0 radical (unpaired) electrons. The summed E-state index contributed by atoms with van der Waals surface area (Å²) in [5.41, 5.74) is 3.14. The van der Waals surface area contributed by atoms with E-state index in [0.717, 1.165) is 11.1 Å². The molecule has 0 unspecified atom stereocenters. The molecule has 0 spiro atoms. The highest BCUT2D eigenvalue weighted by atomic mass is 35.5. The van der Waals surface area contributed by atoms with Crippen molar-refractivity contribution in [2.45, 2.75) is 18.2 Å². The van der Waals surface area contributed by atoms with Crippen LogP contribution in [0.5, 0.6) is 0 Å². The Hall–Kier alpha value is -1.65. The molecule has 2 rings (SSSR count). The standard InChI is InChI=1S/C16H15ClO3S/c1-12-2-4-13(5-3-12)14-6-8-15(9-7-14)21(19,20)11-10-16(17)18/h2-9H,10-11H2,1H3. The molecule has 110 valence electrons. The van der Waals surface area contributed by atoms with Crippen molar-refractivity contribution in [2.75, 3.05) is 5.75 Å². The number of carbonyl (C=O) groups is 1. The van der Waals surface area contributed by atoms with Gasteiger partial charge in [-0.2, -0.15) is 0 Å². The summed E-state index contributed by atoms with van der Waals surface area (Å²) < 4.78 is 24.0. The van der Waals surface area contributed by atoms with Crippen LogP contribution >= 0.6 is 11.6 Å². The van der Waals surface area contributed by atoms with Crippen molar-refractivity contribution in [2.24, 2.45) is 0 Å². The number of hydrogen-bond acceptors (Lipinski definition) is 3. The van der Waals surface area contributed by atoms with E-state index in [1.165, 1.54) is 5.56 Å². The Morgan fingerprint density at radius 3 is 1.90 bits per heavy atom. The third-order valence-electron chi connectivity index (χ3n) is 3.17. The van der Waals surface area contributed by atoms with Gasteiger partial charge in [0.15, 0.2) is 9.84 Å². The van der Waals surface area contributed by atoms with Gasteiger partial charge in [0.05, 0.1) is 10.6 Å². The van der Waals surface area contributed by atoms with Crippen molar-refractivity contribution in [1.29, 1.82) is 0 Å². The second-order valence-electron chi connectivity index (χ2n) is 4.81. The molecule has 0 N–H and O–H groups in total. The first-order valence-electron chi connectivity index (χ1n) is 6.47. The van der Waals surface area contributed by atoms with Crippen LogP contribution in [0, 0.1) is 6.92 Å². The molecule has 0 saturated heterocycles. The number of rotatable bonds is 5. The van der Waals surface area contributed by atoms with E-state index in [2.05, 4.69) is 0 Å². The van der Waals surface area contributed by atoms with Crippen LogP contribution in [0.4, 0.5) is 0 Å². The molecular formula is C16H15ClO3S. The lowest BCUT2D eigenvalue weighted by atomic mass is 10.0. The Labute approximate surface area is 129 Å². The van der Waals surface area contributed by atoms with Crippen molar-refractivity contribution >= 4 is 26.7 Å². The van der Waals surface area contributed by atoms with Crippen LogP contribution in [0.15, 0.2) is 53.4 Å². The third kappa shape index (κ3) is 4.16. The second-order valence-corrected chi connectivity index (χ2v) is 7.35. The summed E-state index contributed by atoms with van der Waals surface area (Å²) in [6, 6.07) is 14.6. The van der Waals surface area contributed by atoms with Gasteiger partial charge in [0.1, 0.15) is 0 Å². The Balaban J connectivity index is 2.22. The van der Waals surface area contributed by atoms with Crippen LogP contribution in [-0.2, 0) is 14.6 Å². The smallest absolute Gasteiger partial charge is 0.222 e. The highest BCUT2D eigenvalue weighted by Crippen LogP contribution is 2.22. The van der Waals surface area contributed by atoms with E-state index < -0.39 is 15.1 Å². The lowest BCUT2D eigenvalue weighted by Crippen LogP contribution is -2.08. The average Bonchev–Trinajstić information content (AvgIpc) is 2.46. The van der Waals surface area contributed by atoms with Crippen LogP contribution in [0.2, 0.25) is 0 Å². The molecule has 0 fully saturated rings. The average molecular weight is 323 g/mol. The molecule has 0 aliphatic carbocycles. The first-order chi connectivity index (χ1) is 9.88. The molecule has 0 aliphatic rings. The van der Waals surface area contributed by atoms with Gasteiger partial charge in [0.25, 0.3) is 0 Å². The predicted molar refractivity (Wildman–Crippen MR) is 84.1 cm³/mol. The Bertz CT molecular complexity index is 732. The van der Waals surface area contributed by atoms with Gasteiger partial charge in [-0.15, -0.1) is 0 Å². The Morgan fingerprint density at radius 2 is 1.43 bits per heavy atom. The van der Waals surface area contributed by atoms with Gasteiger partial charge < -0.3 is 0 Å². The van der Waals surface area contributed by atoms with Gasteiger partial charge in [-0.25, -0.2) is 8.42 Å². The molecule has 2 aromatic rings. The minimum atomic E-state index is -3.47. The molecule has 21 heavy (non-hydrogen) atoms. The number of benzene rings is 2. The summed E-state index contributed by atoms with van der Waals surface area (Å²) in [6.07, 6.45) is -0.177. The van der Waals surface area contributed by atoms with Crippen LogP contribution in [-0.4, -0.2) is 19.4 Å². The number of hydrogen-bond donors (Lipinski definition) is 0. The molecule has 0 bridgehead atoms. The van der Waals surface area contributed by atoms with E-state index in [1.807, 2.05) is 31.2 Å². The quantitative estimate of drug-likeness (QED) is 0.790.